The zero-order chi connectivity index (χ0) is 18.0. The molecule has 2 heteroatoms. The lowest BCUT2D eigenvalue weighted by Gasteiger charge is -2.63. The van der Waals surface area contributed by atoms with Crippen molar-refractivity contribution in [1.82, 2.24) is 0 Å². The molecule has 0 aliphatic heterocycles. The van der Waals surface area contributed by atoms with Crippen LogP contribution in [0.3, 0.4) is 0 Å². The van der Waals surface area contributed by atoms with Gasteiger partial charge in [-0.3, -0.25) is 0 Å². The van der Waals surface area contributed by atoms with Crippen LogP contribution in [0, 0.1) is 40.4 Å². The van der Waals surface area contributed by atoms with Gasteiger partial charge >= 0.3 is 0 Å². The molecular formula is C23H38O2. The molecule has 0 aromatic heterocycles. The second-order valence-electron chi connectivity index (χ2n) is 10.6. The van der Waals surface area contributed by atoms with Crippen molar-refractivity contribution in [2.45, 2.75) is 85.2 Å². The number of allylic oxidation sites excluding steroid dienone is 2. The van der Waals surface area contributed by atoms with Crippen LogP contribution >= 0.6 is 0 Å². The van der Waals surface area contributed by atoms with Crippen LogP contribution in [0.4, 0.5) is 0 Å². The van der Waals surface area contributed by atoms with E-state index in [1.807, 2.05) is 0 Å². The topological polar surface area (TPSA) is 40.5 Å². The Morgan fingerprint density at radius 2 is 1.88 bits per heavy atom. The average molecular weight is 347 g/mol. The van der Waals surface area contributed by atoms with Gasteiger partial charge in [0.15, 0.2) is 0 Å². The average Bonchev–Trinajstić information content (AvgIpc) is 2.91. The van der Waals surface area contributed by atoms with E-state index < -0.39 is 0 Å². The fourth-order valence-corrected chi connectivity index (χ4v) is 8.45. The van der Waals surface area contributed by atoms with Gasteiger partial charge in [-0.05, 0) is 106 Å². The standard InChI is InChI=1S/C23H38O2/c1-14(2)19-7-8-20-18-6-5-16-11-17(25)9-10-22(16,3)21(18)15(13-24)12-23(19,20)4/h15-18,20-21,24-25H,5-13H2,1-4H3/t15-,16+,17-,18+,20+,21+,22+,23-/m1/s1. The van der Waals surface area contributed by atoms with Gasteiger partial charge in [0.2, 0.25) is 0 Å². The molecule has 8 atom stereocenters. The summed E-state index contributed by atoms with van der Waals surface area (Å²) >= 11 is 0. The van der Waals surface area contributed by atoms with Crippen LogP contribution in [0.15, 0.2) is 11.1 Å². The van der Waals surface area contributed by atoms with Crippen LogP contribution in [0.5, 0.6) is 0 Å². The first kappa shape index (κ1) is 18.0. The van der Waals surface area contributed by atoms with Crippen molar-refractivity contribution in [3.63, 3.8) is 0 Å². The third-order valence-corrected chi connectivity index (χ3v) is 9.34. The highest BCUT2D eigenvalue weighted by Crippen LogP contribution is 2.69. The van der Waals surface area contributed by atoms with Crippen molar-refractivity contribution in [2.24, 2.45) is 40.4 Å². The maximum Gasteiger partial charge on any atom is 0.0543 e. The minimum Gasteiger partial charge on any atom is -0.396 e. The van der Waals surface area contributed by atoms with Crippen LogP contribution in [-0.4, -0.2) is 22.9 Å². The molecule has 4 fully saturated rings. The van der Waals surface area contributed by atoms with E-state index in [4.69, 9.17) is 0 Å². The summed E-state index contributed by atoms with van der Waals surface area (Å²) in [6, 6.07) is 0. The van der Waals surface area contributed by atoms with E-state index in [-0.39, 0.29) is 6.10 Å². The third kappa shape index (κ3) is 2.50. The molecular weight excluding hydrogens is 308 g/mol. The van der Waals surface area contributed by atoms with Crippen LogP contribution in [-0.2, 0) is 0 Å². The van der Waals surface area contributed by atoms with Crippen molar-refractivity contribution >= 4 is 0 Å². The minimum atomic E-state index is -0.0835. The molecule has 0 unspecified atom stereocenters. The van der Waals surface area contributed by atoms with E-state index in [0.717, 1.165) is 31.1 Å². The largest absolute Gasteiger partial charge is 0.396 e. The highest BCUT2D eigenvalue weighted by molar-refractivity contribution is 5.28. The van der Waals surface area contributed by atoms with Crippen molar-refractivity contribution < 1.29 is 10.2 Å². The summed E-state index contributed by atoms with van der Waals surface area (Å²) in [5, 5.41) is 20.6. The number of aliphatic hydroxyl groups is 2. The van der Waals surface area contributed by atoms with Gasteiger partial charge in [-0.15, -0.1) is 0 Å². The molecule has 0 radical (unpaired) electrons. The Balaban J connectivity index is 1.72. The smallest absolute Gasteiger partial charge is 0.0543 e. The van der Waals surface area contributed by atoms with Crippen molar-refractivity contribution in [3.8, 4) is 0 Å². The molecule has 25 heavy (non-hydrogen) atoms. The van der Waals surface area contributed by atoms with E-state index in [1.54, 1.807) is 5.57 Å². The summed E-state index contributed by atoms with van der Waals surface area (Å²) < 4.78 is 0. The van der Waals surface area contributed by atoms with E-state index in [0.29, 0.717) is 35.2 Å². The van der Waals surface area contributed by atoms with Gasteiger partial charge in [-0.1, -0.05) is 25.0 Å². The Kier molecular flexibility index (Phi) is 4.40. The molecule has 4 saturated carbocycles. The number of fused-ring (bicyclic) bond motifs is 5. The minimum absolute atomic E-state index is 0.0835. The van der Waals surface area contributed by atoms with Gasteiger partial charge in [0.25, 0.3) is 0 Å². The SMILES string of the molecule is CC(C)=C1CC[C@H]2[C@@H]3CC[C@H]4C[C@H](O)CC[C@]4(C)[C@H]3[C@@H](CO)C[C@]12C. The van der Waals surface area contributed by atoms with Gasteiger partial charge in [0.05, 0.1) is 6.10 Å². The summed E-state index contributed by atoms with van der Waals surface area (Å²) in [5.41, 5.74) is 3.90. The lowest BCUT2D eigenvalue weighted by Crippen LogP contribution is -2.57. The third-order valence-electron chi connectivity index (χ3n) is 9.34. The predicted molar refractivity (Wildman–Crippen MR) is 102 cm³/mol. The lowest BCUT2D eigenvalue weighted by atomic mass is 9.42. The monoisotopic (exact) mass is 346 g/mol. The highest BCUT2D eigenvalue weighted by Gasteiger charge is 2.61. The van der Waals surface area contributed by atoms with Crippen LogP contribution in [0.1, 0.15) is 79.1 Å². The zero-order valence-corrected chi connectivity index (χ0v) is 16.7. The Bertz CT molecular complexity index is 562. The molecule has 0 saturated heterocycles. The Morgan fingerprint density at radius 1 is 1.12 bits per heavy atom. The first-order chi connectivity index (χ1) is 11.8. The fraction of sp³-hybridized carbons (Fsp3) is 0.913. The van der Waals surface area contributed by atoms with E-state index in [9.17, 15) is 10.2 Å². The number of aliphatic hydroxyl groups excluding tert-OH is 2. The Labute approximate surface area is 154 Å². The summed E-state index contributed by atoms with van der Waals surface area (Å²) in [4.78, 5) is 0. The molecule has 0 bridgehead atoms. The summed E-state index contributed by atoms with van der Waals surface area (Å²) in [6.07, 6.45) is 9.49. The molecule has 2 N–H and O–H groups in total. The van der Waals surface area contributed by atoms with E-state index in [1.165, 1.54) is 37.7 Å². The van der Waals surface area contributed by atoms with E-state index in [2.05, 4.69) is 27.7 Å². The fourth-order valence-electron chi connectivity index (χ4n) is 8.45. The summed E-state index contributed by atoms with van der Waals surface area (Å²) in [7, 11) is 0. The van der Waals surface area contributed by atoms with Crippen LogP contribution in [0.2, 0.25) is 0 Å². The first-order valence-corrected chi connectivity index (χ1v) is 10.8. The van der Waals surface area contributed by atoms with Gasteiger partial charge in [0, 0.05) is 6.61 Å². The lowest BCUT2D eigenvalue weighted by molar-refractivity contribution is -0.151. The first-order valence-electron chi connectivity index (χ1n) is 10.8. The van der Waals surface area contributed by atoms with Crippen molar-refractivity contribution in [3.05, 3.63) is 11.1 Å². The second kappa shape index (κ2) is 6.09. The highest BCUT2D eigenvalue weighted by atomic mass is 16.3. The maximum atomic E-state index is 10.4. The summed E-state index contributed by atoms with van der Waals surface area (Å²) in [6.45, 7) is 9.98. The number of hydrogen-bond acceptors (Lipinski definition) is 2. The molecule has 142 valence electrons. The molecule has 0 aromatic rings. The predicted octanol–water partition coefficient (Wildman–Crippen LogP) is 4.94. The Morgan fingerprint density at radius 3 is 2.56 bits per heavy atom. The molecule has 0 amide bonds. The Hall–Kier alpha value is -0.340. The quantitative estimate of drug-likeness (QED) is 0.660. The molecule has 4 aliphatic carbocycles. The molecule has 4 rings (SSSR count). The van der Waals surface area contributed by atoms with E-state index >= 15 is 0 Å². The van der Waals surface area contributed by atoms with Gasteiger partial charge < -0.3 is 10.2 Å². The van der Waals surface area contributed by atoms with Crippen LogP contribution < -0.4 is 0 Å². The molecule has 4 aliphatic rings. The van der Waals surface area contributed by atoms with Gasteiger partial charge in [-0.2, -0.15) is 0 Å². The molecule has 0 aromatic carbocycles. The number of rotatable bonds is 1. The van der Waals surface area contributed by atoms with Gasteiger partial charge in [-0.25, -0.2) is 0 Å². The van der Waals surface area contributed by atoms with Crippen molar-refractivity contribution in [1.29, 1.82) is 0 Å². The maximum absolute atomic E-state index is 10.4. The normalized spacial score (nSPS) is 52.3. The van der Waals surface area contributed by atoms with Gasteiger partial charge in [0.1, 0.15) is 0 Å². The number of hydrogen-bond donors (Lipinski definition) is 2. The van der Waals surface area contributed by atoms with Crippen LogP contribution in [0.25, 0.3) is 0 Å². The second-order valence-corrected chi connectivity index (χ2v) is 10.6. The zero-order valence-electron chi connectivity index (χ0n) is 16.7. The molecule has 0 heterocycles. The molecule has 2 nitrogen and oxygen atoms in total. The van der Waals surface area contributed by atoms with Crippen molar-refractivity contribution in [2.75, 3.05) is 6.61 Å². The summed E-state index contributed by atoms with van der Waals surface area (Å²) in [5.74, 6) is 3.37. The molecule has 0 spiro atoms.